The Morgan fingerprint density at radius 1 is 1.00 bits per heavy atom. The van der Waals surface area contributed by atoms with Gasteiger partial charge in [0.2, 0.25) is 0 Å². The first kappa shape index (κ1) is 12.4. The molecule has 1 heterocycles. The maximum Gasteiger partial charge on any atom is 0.0110 e. The number of nitrogens with zero attached hydrogens (tertiary/aromatic N) is 1. The third-order valence-corrected chi connectivity index (χ3v) is 4.47. The number of nitrogens with one attached hydrogen (secondary N) is 1. The maximum absolute atomic E-state index is 3.47. The quantitative estimate of drug-likeness (QED) is 0.775. The third-order valence-electron chi connectivity index (χ3n) is 4.47. The number of piperidine rings is 1. The van der Waals surface area contributed by atoms with Crippen molar-refractivity contribution < 1.29 is 0 Å². The number of hydrogen-bond acceptors (Lipinski definition) is 2. The fourth-order valence-corrected chi connectivity index (χ4v) is 3.77. The molecule has 2 nitrogen and oxygen atoms in total. The smallest absolute Gasteiger partial charge is 0.0110 e. The van der Waals surface area contributed by atoms with Crippen LogP contribution < -0.4 is 5.32 Å². The fourth-order valence-electron chi connectivity index (χ4n) is 3.77. The SMILES string of the molecule is CNC1CCCC(N2CC(C)CC(C)C2)C1. The topological polar surface area (TPSA) is 15.3 Å². The molecule has 0 aromatic heterocycles. The molecule has 2 fully saturated rings. The number of hydrogen-bond donors (Lipinski definition) is 1. The minimum atomic E-state index is 0.770. The van der Waals surface area contributed by atoms with Gasteiger partial charge in [0.1, 0.15) is 0 Å². The summed E-state index contributed by atoms with van der Waals surface area (Å²) < 4.78 is 0. The van der Waals surface area contributed by atoms with Crippen LogP contribution in [0.1, 0.15) is 46.0 Å². The summed E-state index contributed by atoms with van der Waals surface area (Å²) >= 11 is 0. The van der Waals surface area contributed by atoms with E-state index in [0.29, 0.717) is 0 Å². The summed E-state index contributed by atoms with van der Waals surface area (Å²) in [6.45, 7) is 7.51. The third kappa shape index (κ3) is 2.98. The Morgan fingerprint density at radius 2 is 1.69 bits per heavy atom. The predicted octanol–water partition coefficient (Wildman–Crippen LogP) is 2.49. The molecule has 94 valence electrons. The van der Waals surface area contributed by atoms with Crippen LogP contribution in [0.3, 0.4) is 0 Å². The summed E-state index contributed by atoms with van der Waals surface area (Å²) in [7, 11) is 2.12. The van der Waals surface area contributed by atoms with Crippen LogP contribution in [0.15, 0.2) is 0 Å². The van der Waals surface area contributed by atoms with Crippen molar-refractivity contribution in [2.24, 2.45) is 11.8 Å². The zero-order chi connectivity index (χ0) is 11.5. The van der Waals surface area contributed by atoms with Gasteiger partial charge in [-0.15, -0.1) is 0 Å². The molecule has 1 saturated carbocycles. The number of rotatable bonds is 2. The lowest BCUT2D eigenvalue weighted by molar-refractivity contribution is 0.0688. The highest BCUT2D eigenvalue weighted by molar-refractivity contribution is 4.86. The molecule has 1 saturated heterocycles. The maximum atomic E-state index is 3.47. The molecule has 0 spiro atoms. The van der Waals surface area contributed by atoms with E-state index in [4.69, 9.17) is 0 Å². The Labute approximate surface area is 101 Å². The molecule has 4 atom stereocenters. The zero-order valence-corrected chi connectivity index (χ0v) is 11.2. The van der Waals surface area contributed by atoms with E-state index in [1.165, 1.54) is 45.2 Å². The van der Waals surface area contributed by atoms with Crippen molar-refractivity contribution in [3.63, 3.8) is 0 Å². The van der Waals surface area contributed by atoms with Gasteiger partial charge in [0, 0.05) is 25.2 Å². The average molecular weight is 224 g/mol. The molecule has 2 aliphatic rings. The van der Waals surface area contributed by atoms with Gasteiger partial charge >= 0.3 is 0 Å². The van der Waals surface area contributed by atoms with E-state index in [1.54, 1.807) is 0 Å². The molecule has 2 rings (SSSR count). The Morgan fingerprint density at radius 3 is 2.31 bits per heavy atom. The Kier molecular flexibility index (Phi) is 4.26. The van der Waals surface area contributed by atoms with Gasteiger partial charge in [-0.2, -0.15) is 0 Å². The van der Waals surface area contributed by atoms with Crippen LogP contribution in [0.5, 0.6) is 0 Å². The molecule has 1 aliphatic carbocycles. The van der Waals surface area contributed by atoms with Crippen molar-refractivity contribution in [3.05, 3.63) is 0 Å². The van der Waals surface area contributed by atoms with Crippen LogP contribution in [-0.2, 0) is 0 Å². The average Bonchev–Trinajstić information content (AvgIpc) is 2.28. The standard InChI is InChI=1S/C14H28N2/c1-11-7-12(2)10-16(9-11)14-6-4-5-13(8-14)15-3/h11-15H,4-10H2,1-3H3. The highest BCUT2D eigenvalue weighted by Gasteiger charge is 2.30. The highest BCUT2D eigenvalue weighted by atomic mass is 15.2. The van der Waals surface area contributed by atoms with Gasteiger partial charge < -0.3 is 5.32 Å². The van der Waals surface area contributed by atoms with Gasteiger partial charge in [-0.25, -0.2) is 0 Å². The first-order chi connectivity index (χ1) is 7.69. The molecule has 0 aromatic rings. The molecule has 0 bridgehead atoms. The van der Waals surface area contributed by atoms with Crippen LogP contribution in [-0.4, -0.2) is 37.1 Å². The van der Waals surface area contributed by atoms with Crippen molar-refractivity contribution in [1.29, 1.82) is 0 Å². The Bertz CT molecular complexity index is 207. The van der Waals surface area contributed by atoms with E-state index in [1.807, 2.05) is 0 Å². The van der Waals surface area contributed by atoms with Crippen LogP contribution in [0, 0.1) is 11.8 Å². The monoisotopic (exact) mass is 224 g/mol. The van der Waals surface area contributed by atoms with Gasteiger partial charge in [0.15, 0.2) is 0 Å². The molecule has 0 aromatic carbocycles. The van der Waals surface area contributed by atoms with Gasteiger partial charge in [0.25, 0.3) is 0 Å². The summed E-state index contributed by atoms with van der Waals surface area (Å²) in [5, 5.41) is 3.47. The lowest BCUT2D eigenvalue weighted by atomic mass is 9.85. The second-order valence-electron chi connectivity index (χ2n) is 6.21. The Hall–Kier alpha value is -0.0800. The Balaban J connectivity index is 1.90. The van der Waals surface area contributed by atoms with Crippen LogP contribution in [0.2, 0.25) is 0 Å². The largest absolute Gasteiger partial charge is 0.317 e. The van der Waals surface area contributed by atoms with Gasteiger partial charge in [-0.3, -0.25) is 4.90 Å². The minimum absolute atomic E-state index is 0.770. The molecular formula is C14H28N2. The fraction of sp³-hybridized carbons (Fsp3) is 1.00. The molecule has 4 unspecified atom stereocenters. The highest BCUT2D eigenvalue weighted by Crippen LogP contribution is 2.29. The lowest BCUT2D eigenvalue weighted by Crippen LogP contribution is -2.49. The molecule has 1 N–H and O–H groups in total. The van der Waals surface area contributed by atoms with Crippen molar-refractivity contribution in [2.75, 3.05) is 20.1 Å². The van der Waals surface area contributed by atoms with E-state index in [-0.39, 0.29) is 0 Å². The van der Waals surface area contributed by atoms with Gasteiger partial charge in [-0.1, -0.05) is 20.3 Å². The normalized spacial score (nSPS) is 42.2. The number of likely N-dealkylation sites (tertiary alicyclic amines) is 1. The zero-order valence-electron chi connectivity index (χ0n) is 11.2. The first-order valence-corrected chi connectivity index (χ1v) is 7.10. The van der Waals surface area contributed by atoms with E-state index >= 15 is 0 Å². The van der Waals surface area contributed by atoms with Crippen molar-refractivity contribution in [3.8, 4) is 0 Å². The summed E-state index contributed by atoms with van der Waals surface area (Å²) in [5.74, 6) is 1.80. The summed E-state index contributed by atoms with van der Waals surface area (Å²) in [6.07, 6.45) is 7.02. The van der Waals surface area contributed by atoms with Crippen molar-refractivity contribution in [1.82, 2.24) is 10.2 Å². The summed E-state index contributed by atoms with van der Waals surface area (Å²) in [6, 6.07) is 1.63. The predicted molar refractivity (Wildman–Crippen MR) is 69.6 cm³/mol. The van der Waals surface area contributed by atoms with Crippen LogP contribution >= 0.6 is 0 Å². The molecule has 16 heavy (non-hydrogen) atoms. The van der Waals surface area contributed by atoms with Gasteiger partial charge in [0.05, 0.1) is 0 Å². The van der Waals surface area contributed by atoms with Crippen LogP contribution in [0.4, 0.5) is 0 Å². The van der Waals surface area contributed by atoms with E-state index in [9.17, 15) is 0 Å². The van der Waals surface area contributed by atoms with Crippen LogP contribution in [0.25, 0.3) is 0 Å². The molecule has 2 heteroatoms. The van der Waals surface area contributed by atoms with Crippen molar-refractivity contribution in [2.45, 2.75) is 58.0 Å². The van der Waals surface area contributed by atoms with Crippen molar-refractivity contribution >= 4 is 0 Å². The summed E-state index contributed by atoms with van der Waals surface area (Å²) in [4.78, 5) is 2.78. The van der Waals surface area contributed by atoms with E-state index < -0.39 is 0 Å². The molecule has 0 amide bonds. The van der Waals surface area contributed by atoms with E-state index in [2.05, 4.69) is 31.1 Å². The second-order valence-corrected chi connectivity index (χ2v) is 6.21. The first-order valence-electron chi connectivity index (χ1n) is 7.10. The molecular weight excluding hydrogens is 196 g/mol. The minimum Gasteiger partial charge on any atom is -0.317 e. The second kappa shape index (κ2) is 5.50. The van der Waals surface area contributed by atoms with E-state index in [0.717, 1.165) is 23.9 Å². The molecule has 1 aliphatic heterocycles. The molecule has 0 radical (unpaired) electrons. The summed E-state index contributed by atoms with van der Waals surface area (Å²) in [5.41, 5.74) is 0. The lowest BCUT2D eigenvalue weighted by Gasteiger charge is -2.43. The van der Waals surface area contributed by atoms with Gasteiger partial charge in [-0.05, 0) is 44.6 Å².